The molecular weight excluding hydrogens is 296 g/mol. The molecule has 116 valence electrons. The number of rotatable bonds is 4. The minimum absolute atomic E-state index is 0.441. The van der Waals surface area contributed by atoms with Crippen LogP contribution >= 0.6 is 12.2 Å². The average Bonchev–Trinajstić information content (AvgIpc) is 2.95. The van der Waals surface area contributed by atoms with E-state index >= 15 is 0 Å². The molecule has 1 aliphatic rings. The molecule has 1 N–H and O–H groups in total. The number of hydrogen-bond acceptors (Lipinski definition) is 4. The van der Waals surface area contributed by atoms with Crippen molar-refractivity contribution in [1.82, 2.24) is 14.9 Å². The van der Waals surface area contributed by atoms with Crippen molar-refractivity contribution in [3.63, 3.8) is 0 Å². The lowest BCUT2D eigenvalue weighted by Crippen LogP contribution is -2.10. The van der Waals surface area contributed by atoms with Crippen LogP contribution in [0.15, 0.2) is 29.4 Å². The molecule has 0 bridgehead atoms. The number of aromatic nitrogens is 3. The molecule has 0 saturated heterocycles. The number of ether oxygens (including phenoxy) is 1. The predicted octanol–water partition coefficient (Wildman–Crippen LogP) is 3.88. The molecule has 0 unspecified atom stereocenters. The second-order valence-electron chi connectivity index (χ2n) is 5.52. The van der Waals surface area contributed by atoms with Crippen LogP contribution in [0.2, 0.25) is 0 Å². The monoisotopic (exact) mass is 316 g/mol. The third-order valence-corrected chi connectivity index (χ3v) is 4.36. The van der Waals surface area contributed by atoms with Gasteiger partial charge in [-0.3, -0.25) is 5.10 Å². The highest BCUT2D eigenvalue weighted by atomic mass is 32.1. The lowest BCUT2D eigenvalue weighted by atomic mass is 9.89. The Morgan fingerprint density at radius 2 is 2.09 bits per heavy atom. The van der Waals surface area contributed by atoms with Gasteiger partial charge >= 0.3 is 0 Å². The van der Waals surface area contributed by atoms with Crippen molar-refractivity contribution in [2.75, 3.05) is 7.11 Å². The van der Waals surface area contributed by atoms with Crippen LogP contribution in [0, 0.1) is 4.77 Å². The fourth-order valence-corrected chi connectivity index (χ4v) is 3.12. The van der Waals surface area contributed by atoms with Crippen LogP contribution in [0.1, 0.15) is 49.4 Å². The molecule has 1 fully saturated rings. The number of nitrogens with one attached hydrogen (secondary N) is 1. The molecule has 1 heterocycles. The zero-order valence-corrected chi connectivity index (χ0v) is 13.5. The lowest BCUT2D eigenvalue weighted by molar-refractivity contribution is 0.414. The Bertz CT molecular complexity index is 713. The molecule has 1 aromatic carbocycles. The predicted molar refractivity (Wildman–Crippen MR) is 89.2 cm³/mol. The summed E-state index contributed by atoms with van der Waals surface area (Å²) in [4.78, 5) is 0. The zero-order chi connectivity index (χ0) is 15.4. The number of methoxy groups -OCH3 is 1. The van der Waals surface area contributed by atoms with E-state index in [1.165, 1.54) is 19.3 Å². The number of para-hydroxylation sites is 1. The van der Waals surface area contributed by atoms with Gasteiger partial charge in [0, 0.05) is 11.5 Å². The van der Waals surface area contributed by atoms with Gasteiger partial charge in [-0.05, 0) is 37.2 Å². The van der Waals surface area contributed by atoms with Gasteiger partial charge < -0.3 is 4.74 Å². The van der Waals surface area contributed by atoms with Crippen molar-refractivity contribution in [2.24, 2.45) is 5.10 Å². The van der Waals surface area contributed by atoms with E-state index < -0.39 is 0 Å². The Hall–Kier alpha value is -1.95. The highest BCUT2D eigenvalue weighted by Gasteiger charge is 2.21. The smallest absolute Gasteiger partial charge is 0.216 e. The van der Waals surface area contributed by atoms with Gasteiger partial charge in [-0.15, -0.1) is 0 Å². The number of H-pyrrole nitrogens is 1. The second-order valence-corrected chi connectivity index (χ2v) is 5.91. The summed E-state index contributed by atoms with van der Waals surface area (Å²) in [6, 6.07) is 7.78. The summed E-state index contributed by atoms with van der Waals surface area (Å²) in [7, 11) is 1.66. The van der Waals surface area contributed by atoms with Crippen LogP contribution < -0.4 is 4.74 Å². The molecule has 0 aliphatic heterocycles. The van der Waals surface area contributed by atoms with Crippen LogP contribution in [0.3, 0.4) is 0 Å². The van der Waals surface area contributed by atoms with Crippen LogP contribution in [0.5, 0.6) is 5.75 Å². The number of benzene rings is 1. The summed E-state index contributed by atoms with van der Waals surface area (Å²) in [5, 5.41) is 11.8. The maximum Gasteiger partial charge on any atom is 0.216 e. The van der Waals surface area contributed by atoms with Crippen molar-refractivity contribution >= 4 is 18.4 Å². The minimum Gasteiger partial charge on any atom is -0.496 e. The maximum absolute atomic E-state index is 5.34. The molecule has 0 radical (unpaired) electrons. The first-order valence-electron chi connectivity index (χ1n) is 7.64. The van der Waals surface area contributed by atoms with Crippen LogP contribution in [0.25, 0.3) is 0 Å². The Kier molecular flexibility index (Phi) is 4.68. The average molecular weight is 316 g/mol. The number of aromatic amines is 1. The quantitative estimate of drug-likeness (QED) is 0.688. The van der Waals surface area contributed by atoms with Crippen LogP contribution in [0.4, 0.5) is 0 Å². The first-order chi connectivity index (χ1) is 10.8. The van der Waals surface area contributed by atoms with E-state index in [-0.39, 0.29) is 0 Å². The number of nitrogens with zero attached hydrogens (tertiary/aromatic N) is 3. The molecule has 3 rings (SSSR count). The normalized spacial score (nSPS) is 16.2. The van der Waals surface area contributed by atoms with E-state index in [0.29, 0.717) is 10.7 Å². The summed E-state index contributed by atoms with van der Waals surface area (Å²) in [6.07, 6.45) is 7.90. The molecule has 5 nitrogen and oxygen atoms in total. The summed E-state index contributed by atoms with van der Waals surface area (Å²) in [5.41, 5.74) is 0.919. The van der Waals surface area contributed by atoms with E-state index in [1.807, 2.05) is 24.3 Å². The summed E-state index contributed by atoms with van der Waals surface area (Å²) < 4.78 is 7.62. The van der Waals surface area contributed by atoms with Gasteiger partial charge in [0.25, 0.3) is 0 Å². The Morgan fingerprint density at radius 1 is 1.32 bits per heavy atom. The van der Waals surface area contributed by atoms with Crippen LogP contribution in [-0.4, -0.2) is 28.2 Å². The summed E-state index contributed by atoms with van der Waals surface area (Å²) >= 11 is 5.32. The van der Waals surface area contributed by atoms with Crippen molar-refractivity contribution in [3.8, 4) is 5.75 Å². The summed E-state index contributed by atoms with van der Waals surface area (Å²) in [5.74, 6) is 2.17. The fourth-order valence-electron chi connectivity index (χ4n) is 2.93. The minimum atomic E-state index is 0.441. The van der Waals surface area contributed by atoms with Gasteiger partial charge in [0.15, 0.2) is 5.82 Å². The van der Waals surface area contributed by atoms with Crippen molar-refractivity contribution < 1.29 is 4.74 Å². The van der Waals surface area contributed by atoms with Crippen molar-refractivity contribution in [1.29, 1.82) is 0 Å². The SMILES string of the molecule is COc1ccccc1C=Nn1c(C2CCCCC2)n[nH]c1=S. The highest BCUT2D eigenvalue weighted by Crippen LogP contribution is 2.31. The molecule has 1 aliphatic carbocycles. The van der Waals surface area contributed by atoms with Gasteiger partial charge in [0.2, 0.25) is 4.77 Å². The van der Waals surface area contributed by atoms with E-state index in [4.69, 9.17) is 17.0 Å². The van der Waals surface area contributed by atoms with Gasteiger partial charge in [-0.1, -0.05) is 31.4 Å². The Morgan fingerprint density at radius 3 is 2.86 bits per heavy atom. The van der Waals surface area contributed by atoms with Gasteiger partial charge in [0.1, 0.15) is 5.75 Å². The van der Waals surface area contributed by atoms with Crippen LogP contribution in [-0.2, 0) is 0 Å². The molecule has 2 aromatic rings. The van der Waals surface area contributed by atoms with E-state index in [0.717, 1.165) is 30.0 Å². The molecule has 1 saturated carbocycles. The van der Waals surface area contributed by atoms with E-state index in [2.05, 4.69) is 15.3 Å². The molecular formula is C16H20N4OS. The molecule has 6 heteroatoms. The molecule has 0 atom stereocenters. The Balaban J connectivity index is 1.90. The second kappa shape index (κ2) is 6.87. The standard InChI is InChI=1S/C16H20N4OS/c1-21-14-10-6-5-9-13(14)11-17-20-15(18-19-16(20)22)12-7-3-2-4-8-12/h5-6,9-12H,2-4,7-8H2,1H3,(H,19,22). The maximum atomic E-state index is 5.34. The van der Waals surface area contributed by atoms with E-state index in [9.17, 15) is 0 Å². The third kappa shape index (κ3) is 3.11. The Labute approximate surface area is 135 Å². The topological polar surface area (TPSA) is 55.2 Å². The van der Waals surface area contributed by atoms with Crippen molar-refractivity contribution in [2.45, 2.75) is 38.0 Å². The largest absolute Gasteiger partial charge is 0.496 e. The van der Waals surface area contributed by atoms with Gasteiger partial charge in [0.05, 0.1) is 13.3 Å². The molecule has 0 amide bonds. The number of hydrogen-bond donors (Lipinski definition) is 1. The molecule has 0 spiro atoms. The first-order valence-corrected chi connectivity index (χ1v) is 8.05. The summed E-state index contributed by atoms with van der Waals surface area (Å²) in [6.45, 7) is 0. The molecule has 22 heavy (non-hydrogen) atoms. The third-order valence-electron chi connectivity index (χ3n) is 4.10. The fraction of sp³-hybridized carbons (Fsp3) is 0.438. The highest BCUT2D eigenvalue weighted by molar-refractivity contribution is 7.71. The van der Waals surface area contributed by atoms with E-state index in [1.54, 1.807) is 18.0 Å². The van der Waals surface area contributed by atoms with Gasteiger partial charge in [-0.25, -0.2) is 0 Å². The zero-order valence-electron chi connectivity index (χ0n) is 12.7. The molecule has 1 aromatic heterocycles. The first kappa shape index (κ1) is 15.0. The lowest BCUT2D eigenvalue weighted by Gasteiger charge is -2.19. The van der Waals surface area contributed by atoms with Crippen molar-refractivity contribution in [3.05, 3.63) is 40.4 Å². The van der Waals surface area contributed by atoms with Gasteiger partial charge in [-0.2, -0.15) is 14.9 Å².